The number of carbonyl (C=O) groups excluding carboxylic acids is 1. The topological polar surface area (TPSA) is 48.7 Å². The molecule has 0 aliphatic carbocycles. The van der Waals surface area contributed by atoms with Crippen LogP contribution in [0.15, 0.2) is 34.7 Å². The Kier molecular flexibility index (Phi) is 4.45. The van der Waals surface area contributed by atoms with E-state index in [1.165, 1.54) is 11.1 Å². The molecule has 0 fully saturated rings. The molecule has 2 aromatic rings. The van der Waals surface area contributed by atoms with Crippen LogP contribution in [0.2, 0.25) is 0 Å². The molecule has 20 heavy (non-hydrogen) atoms. The van der Waals surface area contributed by atoms with Gasteiger partial charge in [-0.15, -0.1) is 0 Å². The molecule has 1 heterocycles. The number of rotatable bonds is 5. The van der Waals surface area contributed by atoms with Crippen molar-refractivity contribution in [2.45, 2.75) is 27.4 Å². The zero-order valence-corrected chi connectivity index (χ0v) is 11.9. The maximum absolute atomic E-state index is 11.5. The number of esters is 1. The number of hydrogen-bond donors (Lipinski definition) is 0. The molecule has 0 N–H and O–H groups in total. The van der Waals surface area contributed by atoms with Gasteiger partial charge in [0, 0.05) is 0 Å². The molecular weight excluding hydrogens is 256 g/mol. The third kappa shape index (κ3) is 3.41. The van der Waals surface area contributed by atoms with Crippen LogP contribution in [0.25, 0.3) is 0 Å². The zero-order valence-electron chi connectivity index (χ0n) is 11.9. The number of ether oxygens (including phenoxy) is 2. The first-order chi connectivity index (χ1) is 9.60. The molecule has 106 valence electrons. The molecule has 2 rings (SSSR count). The summed E-state index contributed by atoms with van der Waals surface area (Å²) >= 11 is 0. The lowest BCUT2D eigenvalue weighted by Crippen LogP contribution is -2.02. The molecule has 4 heteroatoms. The number of carbonyl (C=O) groups is 1. The molecule has 0 atom stereocenters. The van der Waals surface area contributed by atoms with Gasteiger partial charge in [-0.1, -0.05) is 6.07 Å². The molecule has 0 bridgehead atoms. The maximum Gasteiger partial charge on any atom is 0.374 e. The Hall–Kier alpha value is -2.23. The Balaban J connectivity index is 1.97. The molecule has 4 nitrogen and oxygen atoms in total. The van der Waals surface area contributed by atoms with Gasteiger partial charge in [-0.25, -0.2) is 4.79 Å². The summed E-state index contributed by atoms with van der Waals surface area (Å²) in [4.78, 5) is 11.5. The molecule has 0 saturated carbocycles. The summed E-state index contributed by atoms with van der Waals surface area (Å²) in [5, 5.41) is 0. The Morgan fingerprint density at radius 3 is 2.65 bits per heavy atom. The van der Waals surface area contributed by atoms with Crippen LogP contribution in [0.5, 0.6) is 5.75 Å². The second kappa shape index (κ2) is 6.28. The van der Waals surface area contributed by atoms with E-state index in [0.29, 0.717) is 12.4 Å². The first-order valence-corrected chi connectivity index (χ1v) is 6.56. The van der Waals surface area contributed by atoms with E-state index < -0.39 is 5.97 Å². The van der Waals surface area contributed by atoms with E-state index in [4.69, 9.17) is 13.9 Å². The summed E-state index contributed by atoms with van der Waals surface area (Å²) in [7, 11) is 0. The van der Waals surface area contributed by atoms with Gasteiger partial charge in [-0.05, 0) is 56.2 Å². The van der Waals surface area contributed by atoms with E-state index in [0.717, 1.165) is 5.75 Å². The molecule has 0 spiro atoms. The molecule has 1 aromatic carbocycles. The Labute approximate surface area is 118 Å². The Morgan fingerprint density at radius 2 is 1.95 bits per heavy atom. The lowest BCUT2D eigenvalue weighted by molar-refractivity contribution is 0.0486. The lowest BCUT2D eigenvalue weighted by atomic mass is 10.1. The van der Waals surface area contributed by atoms with E-state index in [-0.39, 0.29) is 12.4 Å². The Bertz CT molecular complexity index is 598. The van der Waals surface area contributed by atoms with Gasteiger partial charge in [0.05, 0.1) is 6.61 Å². The highest BCUT2D eigenvalue weighted by atomic mass is 16.5. The van der Waals surface area contributed by atoms with Gasteiger partial charge in [0.25, 0.3) is 0 Å². The molecule has 0 saturated heterocycles. The van der Waals surface area contributed by atoms with Crippen LogP contribution < -0.4 is 4.74 Å². The fourth-order valence-corrected chi connectivity index (χ4v) is 1.73. The van der Waals surface area contributed by atoms with E-state index in [2.05, 4.69) is 6.92 Å². The largest absolute Gasteiger partial charge is 0.486 e. The van der Waals surface area contributed by atoms with E-state index >= 15 is 0 Å². The van der Waals surface area contributed by atoms with E-state index in [9.17, 15) is 4.79 Å². The smallest absolute Gasteiger partial charge is 0.374 e. The van der Waals surface area contributed by atoms with Crippen molar-refractivity contribution < 1.29 is 18.7 Å². The highest BCUT2D eigenvalue weighted by Crippen LogP contribution is 2.18. The summed E-state index contributed by atoms with van der Waals surface area (Å²) in [6.07, 6.45) is 0. The fraction of sp³-hybridized carbons (Fsp3) is 0.312. The normalized spacial score (nSPS) is 10.3. The molecular formula is C16H18O4. The number of furan rings is 1. The van der Waals surface area contributed by atoms with Crippen molar-refractivity contribution in [3.05, 3.63) is 53.0 Å². The second-order valence-corrected chi connectivity index (χ2v) is 4.52. The summed E-state index contributed by atoms with van der Waals surface area (Å²) in [5.74, 6) is 1.11. The van der Waals surface area contributed by atoms with Gasteiger partial charge in [0.15, 0.2) is 0 Å². The van der Waals surface area contributed by atoms with Crippen molar-refractivity contribution in [1.82, 2.24) is 0 Å². The summed E-state index contributed by atoms with van der Waals surface area (Å²) in [6.45, 7) is 6.45. The minimum Gasteiger partial charge on any atom is -0.486 e. The van der Waals surface area contributed by atoms with Crippen LogP contribution in [-0.4, -0.2) is 12.6 Å². The highest BCUT2D eigenvalue weighted by Gasteiger charge is 2.12. The second-order valence-electron chi connectivity index (χ2n) is 4.52. The van der Waals surface area contributed by atoms with Crippen molar-refractivity contribution in [3.8, 4) is 5.75 Å². The van der Waals surface area contributed by atoms with Crippen LogP contribution in [0.3, 0.4) is 0 Å². The first kappa shape index (κ1) is 14.2. The molecule has 1 aromatic heterocycles. The zero-order chi connectivity index (χ0) is 14.5. The monoisotopic (exact) mass is 274 g/mol. The van der Waals surface area contributed by atoms with Crippen LogP contribution in [0.1, 0.15) is 34.4 Å². The first-order valence-electron chi connectivity index (χ1n) is 6.56. The summed E-state index contributed by atoms with van der Waals surface area (Å²) in [5.41, 5.74) is 2.40. The summed E-state index contributed by atoms with van der Waals surface area (Å²) < 4.78 is 15.9. The van der Waals surface area contributed by atoms with Gasteiger partial charge in [-0.2, -0.15) is 0 Å². The van der Waals surface area contributed by atoms with Gasteiger partial charge >= 0.3 is 5.97 Å². The molecule has 0 amide bonds. The third-order valence-corrected chi connectivity index (χ3v) is 3.00. The average Bonchev–Trinajstić information content (AvgIpc) is 2.89. The van der Waals surface area contributed by atoms with Gasteiger partial charge < -0.3 is 13.9 Å². The molecule has 0 aliphatic rings. The van der Waals surface area contributed by atoms with Crippen LogP contribution >= 0.6 is 0 Å². The highest BCUT2D eigenvalue weighted by molar-refractivity contribution is 5.86. The van der Waals surface area contributed by atoms with Crippen LogP contribution in [0.4, 0.5) is 0 Å². The lowest BCUT2D eigenvalue weighted by Gasteiger charge is -2.06. The van der Waals surface area contributed by atoms with Crippen LogP contribution in [0, 0.1) is 13.8 Å². The number of hydrogen-bond acceptors (Lipinski definition) is 4. The third-order valence-electron chi connectivity index (χ3n) is 3.00. The number of aryl methyl sites for hydroxylation is 2. The van der Waals surface area contributed by atoms with Gasteiger partial charge in [-0.3, -0.25) is 0 Å². The minimum absolute atomic E-state index is 0.200. The quantitative estimate of drug-likeness (QED) is 0.781. The predicted octanol–water partition coefficient (Wildman–Crippen LogP) is 3.65. The van der Waals surface area contributed by atoms with E-state index in [1.807, 2.05) is 25.1 Å². The number of benzene rings is 1. The van der Waals surface area contributed by atoms with Crippen molar-refractivity contribution >= 4 is 5.97 Å². The predicted molar refractivity (Wildman–Crippen MR) is 74.9 cm³/mol. The molecule has 0 radical (unpaired) electrons. The molecule has 0 unspecified atom stereocenters. The Morgan fingerprint density at radius 1 is 1.15 bits per heavy atom. The van der Waals surface area contributed by atoms with Crippen molar-refractivity contribution in [2.24, 2.45) is 0 Å². The fourth-order valence-electron chi connectivity index (χ4n) is 1.73. The minimum atomic E-state index is -0.454. The van der Waals surface area contributed by atoms with Crippen molar-refractivity contribution in [1.29, 1.82) is 0 Å². The maximum atomic E-state index is 11.5. The van der Waals surface area contributed by atoms with E-state index in [1.54, 1.807) is 19.1 Å². The van der Waals surface area contributed by atoms with Crippen molar-refractivity contribution in [3.63, 3.8) is 0 Å². The van der Waals surface area contributed by atoms with Crippen LogP contribution in [-0.2, 0) is 11.3 Å². The van der Waals surface area contributed by atoms with Gasteiger partial charge in [0.1, 0.15) is 18.1 Å². The summed E-state index contributed by atoms with van der Waals surface area (Å²) in [6, 6.07) is 9.21. The standard InChI is InChI=1S/C16H18O4/c1-4-18-16(17)15-8-7-14(20-15)10-19-13-6-5-11(2)12(3)9-13/h5-9H,4,10H2,1-3H3. The molecule has 0 aliphatic heterocycles. The van der Waals surface area contributed by atoms with Crippen molar-refractivity contribution in [2.75, 3.05) is 6.61 Å². The average molecular weight is 274 g/mol. The SMILES string of the molecule is CCOC(=O)c1ccc(COc2ccc(C)c(C)c2)o1. The van der Waals surface area contributed by atoms with Gasteiger partial charge in [0.2, 0.25) is 5.76 Å².